The number of hydrogen-bond acceptors (Lipinski definition) is 3. The molecule has 0 bridgehead atoms. The van der Waals surface area contributed by atoms with E-state index in [1.54, 1.807) is 19.0 Å². The minimum absolute atomic E-state index is 0.0413. The first kappa shape index (κ1) is 20.0. The Labute approximate surface area is 174 Å². The number of amides is 3. The highest BCUT2D eigenvalue weighted by molar-refractivity contribution is 5.95. The zero-order valence-electron chi connectivity index (χ0n) is 17.8. The number of urea groups is 1. The number of benzene rings is 1. The van der Waals surface area contributed by atoms with Crippen molar-refractivity contribution in [3.63, 3.8) is 0 Å². The quantitative estimate of drug-likeness (QED) is 0.850. The molecule has 0 aromatic heterocycles. The molecular formula is C23H34N4O2. The third kappa shape index (κ3) is 4.36. The van der Waals surface area contributed by atoms with E-state index in [0.717, 1.165) is 43.7 Å². The van der Waals surface area contributed by atoms with Gasteiger partial charge < -0.3 is 20.0 Å². The Morgan fingerprint density at radius 3 is 2.45 bits per heavy atom. The normalized spacial score (nSPS) is 26.8. The second-order valence-electron chi connectivity index (χ2n) is 9.08. The molecular weight excluding hydrogens is 364 g/mol. The van der Waals surface area contributed by atoms with Crippen molar-refractivity contribution in [2.75, 3.05) is 38.6 Å². The molecule has 6 heteroatoms. The molecule has 1 saturated carbocycles. The summed E-state index contributed by atoms with van der Waals surface area (Å²) in [5, 5.41) is 3.06. The fraction of sp³-hybridized carbons (Fsp3) is 0.652. The topological polar surface area (TPSA) is 55.9 Å². The molecule has 3 amide bonds. The molecule has 0 radical (unpaired) electrons. The van der Waals surface area contributed by atoms with Crippen molar-refractivity contribution in [1.29, 1.82) is 0 Å². The van der Waals surface area contributed by atoms with Gasteiger partial charge in [-0.3, -0.25) is 4.79 Å². The van der Waals surface area contributed by atoms with Crippen molar-refractivity contribution < 1.29 is 9.59 Å². The van der Waals surface area contributed by atoms with Gasteiger partial charge in [-0.1, -0.05) is 12.8 Å². The van der Waals surface area contributed by atoms with E-state index in [9.17, 15) is 9.59 Å². The van der Waals surface area contributed by atoms with Gasteiger partial charge in [-0.15, -0.1) is 0 Å². The van der Waals surface area contributed by atoms with E-state index in [2.05, 4.69) is 27.2 Å². The summed E-state index contributed by atoms with van der Waals surface area (Å²) in [5.74, 6) is 0.908. The van der Waals surface area contributed by atoms with Crippen molar-refractivity contribution in [2.24, 2.45) is 5.92 Å². The van der Waals surface area contributed by atoms with Gasteiger partial charge in [0.25, 0.3) is 5.91 Å². The average Bonchev–Trinajstić information content (AvgIpc) is 3.21. The molecule has 29 heavy (non-hydrogen) atoms. The molecule has 1 N–H and O–H groups in total. The van der Waals surface area contributed by atoms with E-state index >= 15 is 0 Å². The molecule has 6 nitrogen and oxygen atoms in total. The number of fused-ring (bicyclic) bond motifs is 1. The predicted octanol–water partition coefficient (Wildman–Crippen LogP) is 3.33. The van der Waals surface area contributed by atoms with Crippen LogP contribution in [0.5, 0.6) is 0 Å². The Kier molecular flexibility index (Phi) is 5.97. The van der Waals surface area contributed by atoms with Gasteiger partial charge in [0.15, 0.2) is 0 Å². The van der Waals surface area contributed by atoms with Crippen LogP contribution < -0.4 is 10.2 Å². The summed E-state index contributed by atoms with van der Waals surface area (Å²) < 4.78 is 0. The number of rotatable bonds is 3. The molecule has 3 atom stereocenters. The monoisotopic (exact) mass is 398 g/mol. The Hall–Kier alpha value is -2.24. The van der Waals surface area contributed by atoms with Gasteiger partial charge in [0.2, 0.25) is 0 Å². The molecule has 158 valence electrons. The third-order valence-corrected chi connectivity index (χ3v) is 6.91. The Bertz CT molecular complexity index is 731. The molecule has 1 aliphatic carbocycles. The van der Waals surface area contributed by atoms with Crippen molar-refractivity contribution in [3.8, 4) is 0 Å². The van der Waals surface area contributed by atoms with Crippen LogP contribution in [0.1, 0.15) is 55.3 Å². The first-order valence-electron chi connectivity index (χ1n) is 11.2. The second kappa shape index (κ2) is 8.64. The molecule has 1 aromatic carbocycles. The number of carbonyl (C=O) groups is 2. The van der Waals surface area contributed by atoms with Crippen LogP contribution in [-0.2, 0) is 0 Å². The van der Waals surface area contributed by atoms with Crippen LogP contribution in [0.15, 0.2) is 24.3 Å². The van der Waals surface area contributed by atoms with Crippen LogP contribution in [0, 0.1) is 5.92 Å². The minimum atomic E-state index is -0.0413. The maximum absolute atomic E-state index is 13.2. The summed E-state index contributed by atoms with van der Waals surface area (Å²) in [4.78, 5) is 31.1. The zero-order chi connectivity index (χ0) is 20.4. The maximum Gasteiger partial charge on any atom is 0.317 e. The standard InChI is InChI=1S/C23H34N4O2/c1-25(2)23(29)24-19-13-15-26(16-19)20-11-9-18(10-12-20)22(28)27-14-5-7-17-6-3-4-8-21(17)27/h9-12,17,19,21H,3-8,13-16H2,1-2H3,(H,24,29). The Balaban J connectivity index is 1.38. The number of hydrogen-bond donors (Lipinski definition) is 1. The van der Waals surface area contributed by atoms with Crippen LogP contribution in [-0.4, -0.2) is 67.6 Å². The fourth-order valence-electron chi connectivity index (χ4n) is 5.27. The molecule has 3 fully saturated rings. The summed E-state index contributed by atoms with van der Waals surface area (Å²) in [6, 6.07) is 8.66. The predicted molar refractivity (Wildman–Crippen MR) is 115 cm³/mol. The zero-order valence-corrected chi connectivity index (χ0v) is 17.8. The Morgan fingerprint density at radius 1 is 0.966 bits per heavy atom. The van der Waals surface area contributed by atoms with E-state index in [1.165, 1.54) is 32.1 Å². The lowest BCUT2D eigenvalue weighted by molar-refractivity contribution is 0.0390. The van der Waals surface area contributed by atoms with Crippen LogP contribution >= 0.6 is 0 Å². The van der Waals surface area contributed by atoms with Crippen LogP contribution in [0.25, 0.3) is 0 Å². The summed E-state index contributed by atoms with van der Waals surface area (Å²) in [6.07, 6.45) is 8.40. The van der Waals surface area contributed by atoms with E-state index in [1.807, 2.05) is 12.1 Å². The second-order valence-corrected chi connectivity index (χ2v) is 9.08. The van der Waals surface area contributed by atoms with Gasteiger partial charge in [0.05, 0.1) is 0 Å². The van der Waals surface area contributed by atoms with Crippen molar-refractivity contribution in [2.45, 2.75) is 57.0 Å². The smallest absolute Gasteiger partial charge is 0.317 e. The van der Waals surface area contributed by atoms with Crippen molar-refractivity contribution >= 4 is 17.6 Å². The molecule has 4 rings (SSSR count). The highest BCUT2D eigenvalue weighted by atomic mass is 16.2. The number of nitrogens with zero attached hydrogens (tertiary/aromatic N) is 3. The number of likely N-dealkylation sites (tertiary alicyclic amines) is 1. The summed E-state index contributed by atoms with van der Waals surface area (Å²) >= 11 is 0. The molecule has 3 aliphatic rings. The first-order valence-corrected chi connectivity index (χ1v) is 11.2. The third-order valence-electron chi connectivity index (χ3n) is 6.91. The number of piperidine rings is 1. The molecule has 2 saturated heterocycles. The van der Waals surface area contributed by atoms with Gasteiger partial charge in [0.1, 0.15) is 0 Å². The van der Waals surface area contributed by atoms with E-state index in [-0.39, 0.29) is 18.0 Å². The SMILES string of the molecule is CN(C)C(=O)NC1CCN(c2ccc(C(=O)N3CCCC4CCCCC43)cc2)C1. The number of anilines is 1. The summed E-state index contributed by atoms with van der Waals surface area (Å²) in [7, 11) is 3.52. The van der Waals surface area contributed by atoms with E-state index in [4.69, 9.17) is 0 Å². The van der Waals surface area contributed by atoms with E-state index < -0.39 is 0 Å². The number of carbonyl (C=O) groups excluding carboxylic acids is 2. The van der Waals surface area contributed by atoms with Gasteiger partial charge in [-0.2, -0.15) is 0 Å². The lowest BCUT2D eigenvalue weighted by Gasteiger charge is -2.44. The fourth-order valence-corrected chi connectivity index (χ4v) is 5.27. The average molecular weight is 399 g/mol. The summed E-state index contributed by atoms with van der Waals surface area (Å²) in [5.41, 5.74) is 1.92. The molecule has 3 unspecified atom stereocenters. The van der Waals surface area contributed by atoms with Gasteiger partial charge in [0, 0.05) is 57.1 Å². The highest BCUT2D eigenvalue weighted by Gasteiger charge is 2.36. The summed E-state index contributed by atoms with van der Waals surface area (Å²) in [6.45, 7) is 2.63. The molecule has 0 spiro atoms. The van der Waals surface area contributed by atoms with Gasteiger partial charge in [-0.05, 0) is 62.3 Å². The first-order chi connectivity index (χ1) is 14.0. The van der Waals surface area contributed by atoms with Crippen LogP contribution in [0.2, 0.25) is 0 Å². The van der Waals surface area contributed by atoms with E-state index in [0.29, 0.717) is 12.0 Å². The van der Waals surface area contributed by atoms with Crippen molar-refractivity contribution in [1.82, 2.24) is 15.1 Å². The minimum Gasteiger partial charge on any atom is -0.369 e. The van der Waals surface area contributed by atoms with Gasteiger partial charge in [-0.25, -0.2) is 4.79 Å². The van der Waals surface area contributed by atoms with Crippen LogP contribution in [0.3, 0.4) is 0 Å². The largest absolute Gasteiger partial charge is 0.369 e. The van der Waals surface area contributed by atoms with Crippen LogP contribution in [0.4, 0.5) is 10.5 Å². The maximum atomic E-state index is 13.2. The Morgan fingerprint density at radius 2 is 1.69 bits per heavy atom. The molecule has 2 aliphatic heterocycles. The number of nitrogens with one attached hydrogen (secondary N) is 1. The lowest BCUT2D eigenvalue weighted by atomic mass is 9.78. The highest BCUT2D eigenvalue weighted by Crippen LogP contribution is 2.36. The van der Waals surface area contributed by atoms with Crippen molar-refractivity contribution in [3.05, 3.63) is 29.8 Å². The molecule has 1 aromatic rings. The van der Waals surface area contributed by atoms with Gasteiger partial charge >= 0.3 is 6.03 Å². The molecule has 2 heterocycles. The lowest BCUT2D eigenvalue weighted by Crippen LogP contribution is -2.49.